The van der Waals surface area contributed by atoms with Crippen molar-refractivity contribution in [3.05, 3.63) is 71.6 Å². The molecule has 0 atom stereocenters. The Morgan fingerprint density at radius 2 is 1.69 bits per heavy atom. The van der Waals surface area contributed by atoms with Crippen LogP contribution in [0.4, 0.5) is 11.6 Å². The van der Waals surface area contributed by atoms with E-state index in [0.29, 0.717) is 5.02 Å². The Morgan fingerprint density at radius 3 is 2.45 bits per heavy atom. The number of pyridine rings is 1. The first kappa shape index (κ1) is 17.9. The molecule has 3 aromatic heterocycles. The summed E-state index contributed by atoms with van der Waals surface area (Å²) in [7, 11) is 0. The van der Waals surface area contributed by atoms with Crippen LogP contribution in [0.2, 0.25) is 5.02 Å². The summed E-state index contributed by atoms with van der Waals surface area (Å²) in [4.78, 5) is 12.9. The molecule has 1 fully saturated rings. The van der Waals surface area contributed by atoms with Gasteiger partial charge in [0.2, 0.25) is 0 Å². The SMILES string of the molecule is Cc1cc(N2CCN(c3cccc[nH+]3)CC2)n2ncc(-c3ccccc3Cl)c2n1. The number of piperazine rings is 1. The molecule has 6 nitrogen and oxygen atoms in total. The van der Waals surface area contributed by atoms with E-state index >= 15 is 0 Å². The van der Waals surface area contributed by atoms with Crippen LogP contribution in [0.3, 0.4) is 0 Å². The van der Waals surface area contributed by atoms with Crippen molar-refractivity contribution in [3.8, 4) is 11.1 Å². The Morgan fingerprint density at radius 1 is 0.931 bits per heavy atom. The molecule has 146 valence electrons. The fraction of sp³-hybridized carbons (Fsp3) is 0.227. The number of hydrogen-bond acceptors (Lipinski definition) is 4. The van der Waals surface area contributed by atoms with E-state index in [0.717, 1.165) is 60.3 Å². The fourth-order valence-electron chi connectivity index (χ4n) is 3.92. The van der Waals surface area contributed by atoms with Gasteiger partial charge in [0.1, 0.15) is 18.9 Å². The number of nitrogens with zero attached hydrogens (tertiary/aromatic N) is 5. The number of halogens is 1. The van der Waals surface area contributed by atoms with Crippen LogP contribution in [0, 0.1) is 6.92 Å². The molecule has 0 unspecified atom stereocenters. The van der Waals surface area contributed by atoms with E-state index < -0.39 is 0 Å². The highest BCUT2D eigenvalue weighted by Crippen LogP contribution is 2.32. The number of fused-ring (bicyclic) bond motifs is 1. The number of anilines is 2. The topological polar surface area (TPSA) is 50.8 Å². The van der Waals surface area contributed by atoms with Gasteiger partial charge in [-0.15, -0.1) is 0 Å². The number of hydrogen-bond donors (Lipinski definition) is 0. The molecule has 0 aliphatic carbocycles. The third-order valence-corrected chi connectivity index (χ3v) is 5.71. The lowest BCUT2D eigenvalue weighted by molar-refractivity contribution is -0.364. The van der Waals surface area contributed by atoms with Crippen molar-refractivity contribution in [2.24, 2.45) is 0 Å². The van der Waals surface area contributed by atoms with Gasteiger partial charge in [-0.2, -0.15) is 9.61 Å². The molecule has 7 heteroatoms. The molecule has 1 aliphatic rings. The Hall–Kier alpha value is -3.12. The van der Waals surface area contributed by atoms with Gasteiger partial charge in [0, 0.05) is 34.0 Å². The van der Waals surface area contributed by atoms with Gasteiger partial charge in [0.05, 0.1) is 25.5 Å². The third kappa shape index (κ3) is 3.29. The summed E-state index contributed by atoms with van der Waals surface area (Å²) < 4.78 is 1.94. The summed E-state index contributed by atoms with van der Waals surface area (Å²) in [6.45, 7) is 5.76. The van der Waals surface area contributed by atoms with Gasteiger partial charge in [-0.1, -0.05) is 35.9 Å². The minimum atomic E-state index is 0.708. The Balaban J connectivity index is 1.48. The van der Waals surface area contributed by atoms with Crippen molar-refractivity contribution >= 4 is 28.9 Å². The number of nitrogens with one attached hydrogen (secondary N) is 1. The lowest BCUT2D eigenvalue weighted by Crippen LogP contribution is -2.48. The molecule has 4 heterocycles. The predicted molar refractivity (Wildman–Crippen MR) is 116 cm³/mol. The molecule has 0 radical (unpaired) electrons. The van der Waals surface area contributed by atoms with Crippen LogP contribution in [-0.2, 0) is 0 Å². The molecular weight excluding hydrogens is 384 g/mol. The van der Waals surface area contributed by atoms with Crippen LogP contribution < -0.4 is 14.8 Å². The zero-order valence-corrected chi connectivity index (χ0v) is 17.0. The van der Waals surface area contributed by atoms with Crippen molar-refractivity contribution in [1.82, 2.24) is 14.6 Å². The highest BCUT2D eigenvalue weighted by molar-refractivity contribution is 6.33. The number of aryl methyl sites for hydroxylation is 1. The lowest BCUT2D eigenvalue weighted by Gasteiger charge is -2.32. The average molecular weight is 406 g/mol. The zero-order chi connectivity index (χ0) is 19.8. The smallest absolute Gasteiger partial charge is 0.274 e. The molecule has 0 amide bonds. The summed E-state index contributed by atoms with van der Waals surface area (Å²) in [5.74, 6) is 2.23. The number of aromatic nitrogens is 4. The molecule has 5 rings (SSSR count). The largest absolute Gasteiger partial charge is 0.349 e. The van der Waals surface area contributed by atoms with E-state index in [-0.39, 0.29) is 0 Å². The summed E-state index contributed by atoms with van der Waals surface area (Å²) >= 11 is 6.43. The summed E-state index contributed by atoms with van der Waals surface area (Å²) in [6.07, 6.45) is 3.83. The minimum Gasteiger partial charge on any atom is -0.349 e. The van der Waals surface area contributed by atoms with Crippen molar-refractivity contribution in [1.29, 1.82) is 0 Å². The van der Waals surface area contributed by atoms with Crippen LogP contribution >= 0.6 is 11.6 Å². The predicted octanol–water partition coefficient (Wildman–Crippen LogP) is 3.50. The van der Waals surface area contributed by atoms with E-state index in [1.54, 1.807) is 0 Å². The highest BCUT2D eigenvalue weighted by atomic mass is 35.5. The van der Waals surface area contributed by atoms with Crippen LogP contribution in [0.15, 0.2) is 60.9 Å². The second-order valence-electron chi connectivity index (χ2n) is 7.25. The monoisotopic (exact) mass is 405 g/mol. The Labute approximate surface area is 174 Å². The molecule has 4 aromatic rings. The summed E-state index contributed by atoms with van der Waals surface area (Å²) in [6, 6.07) is 16.1. The Bertz CT molecular complexity index is 1150. The van der Waals surface area contributed by atoms with Crippen molar-refractivity contribution < 1.29 is 4.98 Å². The van der Waals surface area contributed by atoms with Gasteiger partial charge < -0.3 is 4.90 Å². The maximum Gasteiger partial charge on any atom is 0.274 e. The molecule has 1 saturated heterocycles. The standard InChI is InChI=1S/C22H21ClN6/c1-16-14-21(28-12-10-27(11-13-28)20-8-4-5-9-24-20)29-22(26-16)18(15-25-29)17-6-2-3-7-19(17)23/h2-9,14-15H,10-13H2,1H3/p+1. The van der Waals surface area contributed by atoms with Gasteiger partial charge in [0.25, 0.3) is 5.82 Å². The van der Waals surface area contributed by atoms with Gasteiger partial charge >= 0.3 is 0 Å². The molecule has 0 saturated carbocycles. The second-order valence-corrected chi connectivity index (χ2v) is 7.66. The van der Waals surface area contributed by atoms with Gasteiger partial charge in [-0.05, 0) is 19.1 Å². The number of rotatable bonds is 3. The fourth-order valence-corrected chi connectivity index (χ4v) is 4.15. The molecule has 1 aromatic carbocycles. The van der Waals surface area contributed by atoms with E-state index in [9.17, 15) is 0 Å². The first-order valence-electron chi connectivity index (χ1n) is 9.77. The Kier molecular flexibility index (Phi) is 4.56. The molecule has 0 bridgehead atoms. The van der Waals surface area contributed by atoms with Gasteiger partial charge in [0.15, 0.2) is 5.65 Å². The third-order valence-electron chi connectivity index (χ3n) is 5.38. The van der Waals surface area contributed by atoms with Crippen LogP contribution in [0.25, 0.3) is 16.8 Å². The first-order valence-corrected chi connectivity index (χ1v) is 10.2. The van der Waals surface area contributed by atoms with E-state index in [4.69, 9.17) is 16.6 Å². The average Bonchev–Trinajstić information content (AvgIpc) is 3.18. The number of H-pyrrole nitrogens is 1. The van der Waals surface area contributed by atoms with Crippen LogP contribution in [0.1, 0.15) is 5.69 Å². The maximum absolute atomic E-state index is 6.43. The lowest BCUT2D eigenvalue weighted by atomic mass is 10.1. The molecule has 1 aliphatic heterocycles. The van der Waals surface area contributed by atoms with Crippen molar-refractivity contribution in [2.45, 2.75) is 6.92 Å². The number of aromatic amines is 1. The van der Waals surface area contributed by atoms with Crippen LogP contribution in [0.5, 0.6) is 0 Å². The molecule has 29 heavy (non-hydrogen) atoms. The number of benzene rings is 1. The van der Waals surface area contributed by atoms with Gasteiger partial charge in [-0.3, -0.25) is 4.90 Å². The first-order chi connectivity index (χ1) is 14.2. The minimum absolute atomic E-state index is 0.708. The van der Waals surface area contributed by atoms with E-state index in [1.807, 2.05) is 54.2 Å². The van der Waals surface area contributed by atoms with Crippen LogP contribution in [-0.4, -0.2) is 40.8 Å². The van der Waals surface area contributed by atoms with Crippen molar-refractivity contribution in [3.63, 3.8) is 0 Å². The van der Waals surface area contributed by atoms with E-state index in [2.05, 4.69) is 38.1 Å². The summed E-state index contributed by atoms with van der Waals surface area (Å²) in [5.41, 5.74) is 3.72. The quantitative estimate of drug-likeness (QED) is 0.523. The molecular formula is C22H22ClN6+. The molecule has 1 N–H and O–H groups in total. The highest BCUT2D eigenvalue weighted by Gasteiger charge is 2.25. The second kappa shape index (κ2) is 7.37. The normalized spacial score (nSPS) is 14.6. The van der Waals surface area contributed by atoms with Crippen molar-refractivity contribution in [2.75, 3.05) is 36.0 Å². The zero-order valence-electron chi connectivity index (χ0n) is 16.2. The summed E-state index contributed by atoms with van der Waals surface area (Å²) in [5, 5.41) is 5.37. The molecule has 0 spiro atoms. The van der Waals surface area contributed by atoms with Gasteiger partial charge in [-0.25, -0.2) is 9.97 Å². The maximum atomic E-state index is 6.43. The van der Waals surface area contributed by atoms with E-state index in [1.165, 1.54) is 0 Å².